The van der Waals surface area contributed by atoms with E-state index in [-0.39, 0.29) is 11.3 Å². The number of benzene rings is 1. The minimum atomic E-state index is -1.67. The molecule has 0 spiro atoms. The SMILES string of the molecule is CCc1cccc(C(O)C(=O)O)c1C(Cl)C(C)=O. The Kier molecular flexibility index (Phi) is 4.87. The van der Waals surface area contributed by atoms with E-state index in [4.69, 9.17) is 16.7 Å². The molecule has 0 aromatic heterocycles. The number of hydrogen-bond acceptors (Lipinski definition) is 3. The summed E-state index contributed by atoms with van der Waals surface area (Å²) in [5, 5.41) is 17.6. The molecule has 2 unspecified atom stereocenters. The topological polar surface area (TPSA) is 74.6 Å². The molecule has 0 radical (unpaired) electrons. The highest BCUT2D eigenvalue weighted by Gasteiger charge is 2.26. The van der Waals surface area contributed by atoms with Crippen LogP contribution in [0.4, 0.5) is 0 Å². The third-order valence-electron chi connectivity index (χ3n) is 2.75. The van der Waals surface area contributed by atoms with E-state index >= 15 is 0 Å². The number of Topliss-reactive ketones (excluding diaryl/α,β-unsaturated/α-hetero) is 1. The molecule has 18 heavy (non-hydrogen) atoms. The van der Waals surface area contributed by atoms with E-state index in [9.17, 15) is 14.7 Å². The van der Waals surface area contributed by atoms with Crippen LogP contribution in [0.3, 0.4) is 0 Å². The Hall–Kier alpha value is -1.39. The van der Waals surface area contributed by atoms with Crippen LogP contribution in [0.15, 0.2) is 18.2 Å². The molecular weight excluding hydrogens is 256 g/mol. The smallest absolute Gasteiger partial charge is 0.337 e. The van der Waals surface area contributed by atoms with Crippen molar-refractivity contribution in [1.29, 1.82) is 0 Å². The minimum Gasteiger partial charge on any atom is -0.479 e. The zero-order valence-corrected chi connectivity index (χ0v) is 10.9. The van der Waals surface area contributed by atoms with E-state index in [0.29, 0.717) is 12.0 Å². The molecule has 0 amide bonds. The summed E-state index contributed by atoms with van der Waals surface area (Å²) in [5.41, 5.74) is 1.35. The maximum Gasteiger partial charge on any atom is 0.337 e. The number of aliphatic hydroxyl groups excluding tert-OH is 1. The standard InChI is InChI=1S/C13H15ClO4/c1-3-8-5-4-6-9(12(16)13(17)18)10(8)11(14)7(2)15/h4-6,11-12,16H,3H2,1-2H3,(H,17,18). The Labute approximate surface area is 110 Å². The molecule has 0 aliphatic rings. The Bertz CT molecular complexity index is 470. The lowest BCUT2D eigenvalue weighted by atomic mass is 9.92. The number of aryl methyl sites for hydroxylation is 1. The molecule has 1 aromatic rings. The van der Waals surface area contributed by atoms with Crippen molar-refractivity contribution in [2.45, 2.75) is 31.7 Å². The molecule has 4 nitrogen and oxygen atoms in total. The summed E-state index contributed by atoms with van der Waals surface area (Å²) in [6.07, 6.45) is -1.07. The number of carbonyl (C=O) groups is 2. The summed E-state index contributed by atoms with van der Waals surface area (Å²) >= 11 is 6.03. The van der Waals surface area contributed by atoms with Crippen molar-refractivity contribution in [2.75, 3.05) is 0 Å². The Morgan fingerprint density at radius 2 is 2.00 bits per heavy atom. The number of rotatable bonds is 5. The third-order valence-corrected chi connectivity index (χ3v) is 3.28. The molecule has 0 saturated carbocycles. The van der Waals surface area contributed by atoms with E-state index < -0.39 is 17.5 Å². The molecule has 2 N–H and O–H groups in total. The first-order valence-electron chi connectivity index (χ1n) is 5.57. The van der Waals surface area contributed by atoms with Gasteiger partial charge in [0.1, 0.15) is 5.38 Å². The largest absolute Gasteiger partial charge is 0.479 e. The number of aliphatic carboxylic acids is 1. The van der Waals surface area contributed by atoms with Gasteiger partial charge < -0.3 is 10.2 Å². The second-order valence-electron chi connectivity index (χ2n) is 3.99. The molecule has 0 aliphatic heterocycles. The van der Waals surface area contributed by atoms with Crippen LogP contribution in [0.5, 0.6) is 0 Å². The van der Waals surface area contributed by atoms with Crippen LogP contribution < -0.4 is 0 Å². The van der Waals surface area contributed by atoms with Gasteiger partial charge in [-0.15, -0.1) is 11.6 Å². The second kappa shape index (κ2) is 5.98. The lowest BCUT2D eigenvalue weighted by Gasteiger charge is -2.18. The van der Waals surface area contributed by atoms with Gasteiger partial charge in [0.2, 0.25) is 0 Å². The molecule has 1 rings (SSSR count). The van der Waals surface area contributed by atoms with Crippen LogP contribution >= 0.6 is 11.6 Å². The van der Waals surface area contributed by atoms with Crippen molar-refractivity contribution in [3.05, 3.63) is 34.9 Å². The quantitative estimate of drug-likeness (QED) is 0.805. The molecule has 0 heterocycles. The van der Waals surface area contributed by atoms with Crippen molar-refractivity contribution in [1.82, 2.24) is 0 Å². The summed E-state index contributed by atoms with van der Waals surface area (Å²) in [4.78, 5) is 22.3. The predicted octanol–water partition coefficient (Wildman–Crippen LogP) is 2.24. The zero-order chi connectivity index (χ0) is 13.9. The molecule has 1 aromatic carbocycles. The first kappa shape index (κ1) is 14.7. The van der Waals surface area contributed by atoms with Gasteiger partial charge in [0.15, 0.2) is 11.9 Å². The number of aliphatic hydroxyl groups is 1. The molecule has 2 atom stereocenters. The molecule has 0 aliphatic carbocycles. The zero-order valence-electron chi connectivity index (χ0n) is 10.2. The Morgan fingerprint density at radius 1 is 1.39 bits per heavy atom. The maximum absolute atomic E-state index is 11.4. The molecule has 0 bridgehead atoms. The van der Waals surface area contributed by atoms with Crippen LogP contribution in [0, 0.1) is 0 Å². The number of carboxylic acids is 1. The number of alkyl halides is 1. The first-order chi connectivity index (χ1) is 8.40. The monoisotopic (exact) mass is 270 g/mol. The maximum atomic E-state index is 11.4. The highest BCUT2D eigenvalue weighted by Crippen LogP contribution is 2.32. The van der Waals surface area contributed by atoms with Crippen molar-refractivity contribution in [3.8, 4) is 0 Å². The van der Waals surface area contributed by atoms with Crippen molar-refractivity contribution < 1.29 is 19.8 Å². The van der Waals surface area contributed by atoms with Crippen LogP contribution in [0.2, 0.25) is 0 Å². The minimum absolute atomic E-state index is 0.178. The fourth-order valence-electron chi connectivity index (χ4n) is 1.83. The van der Waals surface area contributed by atoms with Gasteiger partial charge in [-0.25, -0.2) is 4.79 Å². The number of ketones is 1. The van der Waals surface area contributed by atoms with Gasteiger partial charge in [0.25, 0.3) is 0 Å². The van der Waals surface area contributed by atoms with Gasteiger partial charge in [-0.3, -0.25) is 4.79 Å². The fraction of sp³-hybridized carbons (Fsp3) is 0.385. The van der Waals surface area contributed by atoms with Crippen LogP contribution in [0.25, 0.3) is 0 Å². The fourth-order valence-corrected chi connectivity index (χ4v) is 2.09. The number of carbonyl (C=O) groups excluding carboxylic acids is 1. The average molecular weight is 271 g/mol. The lowest BCUT2D eigenvalue weighted by Crippen LogP contribution is -2.16. The van der Waals surface area contributed by atoms with Gasteiger partial charge in [-0.05, 0) is 30.0 Å². The van der Waals surface area contributed by atoms with Gasteiger partial charge >= 0.3 is 5.97 Å². The average Bonchev–Trinajstić information content (AvgIpc) is 2.35. The summed E-state index contributed by atoms with van der Waals surface area (Å²) in [6, 6.07) is 4.89. The van der Waals surface area contributed by atoms with Crippen LogP contribution in [-0.4, -0.2) is 22.0 Å². The second-order valence-corrected chi connectivity index (χ2v) is 4.42. The lowest BCUT2D eigenvalue weighted by molar-refractivity contribution is -0.147. The van der Waals surface area contributed by atoms with E-state index in [1.807, 2.05) is 6.92 Å². The van der Waals surface area contributed by atoms with Crippen molar-refractivity contribution in [3.63, 3.8) is 0 Å². The third kappa shape index (κ3) is 2.89. The van der Waals surface area contributed by atoms with Crippen molar-refractivity contribution in [2.24, 2.45) is 0 Å². The Balaban J connectivity index is 3.42. The molecule has 0 saturated heterocycles. The summed E-state index contributed by atoms with van der Waals surface area (Å²) in [7, 11) is 0. The van der Waals surface area contributed by atoms with E-state index in [2.05, 4.69) is 0 Å². The highest BCUT2D eigenvalue weighted by atomic mass is 35.5. The molecule has 5 heteroatoms. The summed E-state index contributed by atoms with van der Waals surface area (Å²) in [5.74, 6) is -1.65. The normalized spacial score (nSPS) is 14.0. The number of hydrogen-bond donors (Lipinski definition) is 2. The molecule has 0 fully saturated rings. The molecular formula is C13H15ClO4. The van der Waals surface area contributed by atoms with E-state index in [1.54, 1.807) is 12.1 Å². The summed E-state index contributed by atoms with van der Waals surface area (Å²) in [6.45, 7) is 3.21. The van der Waals surface area contributed by atoms with E-state index in [0.717, 1.165) is 5.56 Å². The summed E-state index contributed by atoms with van der Waals surface area (Å²) < 4.78 is 0. The van der Waals surface area contributed by atoms with Crippen molar-refractivity contribution >= 4 is 23.4 Å². The molecule has 98 valence electrons. The first-order valence-corrected chi connectivity index (χ1v) is 6.00. The van der Waals surface area contributed by atoms with Gasteiger partial charge in [-0.1, -0.05) is 25.1 Å². The number of halogens is 1. The highest BCUT2D eigenvalue weighted by molar-refractivity contribution is 6.31. The van der Waals surface area contributed by atoms with Gasteiger partial charge in [0, 0.05) is 0 Å². The van der Waals surface area contributed by atoms with E-state index in [1.165, 1.54) is 13.0 Å². The predicted molar refractivity (Wildman–Crippen MR) is 67.7 cm³/mol. The van der Waals surface area contributed by atoms with Gasteiger partial charge in [-0.2, -0.15) is 0 Å². The number of carboxylic acid groups (broad SMARTS) is 1. The van der Waals surface area contributed by atoms with Crippen LogP contribution in [-0.2, 0) is 16.0 Å². The Morgan fingerprint density at radius 3 is 2.44 bits per heavy atom. The van der Waals surface area contributed by atoms with Gasteiger partial charge in [0.05, 0.1) is 0 Å². The van der Waals surface area contributed by atoms with Crippen LogP contribution in [0.1, 0.15) is 42.0 Å².